The third kappa shape index (κ3) is 3.85. The van der Waals surface area contributed by atoms with Gasteiger partial charge in [0, 0.05) is 20.3 Å². The molecule has 21 heavy (non-hydrogen) atoms. The number of alkyl halides is 3. The van der Waals surface area contributed by atoms with Crippen molar-refractivity contribution in [3.05, 3.63) is 28.5 Å². The molecule has 2 aromatic rings. The molecule has 0 aliphatic carbocycles. The van der Waals surface area contributed by atoms with Crippen LogP contribution in [-0.2, 0) is 17.5 Å². The molecule has 0 saturated carbocycles. The van der Waals surface area contributed by atoms with Gasteiger partial charge in [-0.3, -0.25) is 0 Å². The van der Waals surface area contributed by atoms with E-state index in [-0.39, 0.29) is 0 Å². The van der Waals surface area contributed by atoms with Crippen molar-refractivity contribution in [2.75, 3.05) is 13.7 Å². The number of fused-ring (bicyclic) bond motifs is 1. The van der Waals surface area contributed by atoms with Gasteiger partial charge in [-0.1, -0.05) is 0 Å². The summed E-state index contributed by atoms with van der Waals surface area (Å²) in [4.78, 5) is 2.84. The second kappa shape index (κ2) is 6.62. The number of nitrogens with one attached hydrogen (secondary N) is 1. The lowest BCUT2D eigenvalue weighted by Gasteiger charge is -2.07. The number of hydrogen-bond donors (Lipinski definition) is 1. The van der Waals surface area contributed by atoms with E-state index in [1.165, 1.54) is 6.07 Å². The quantitative estimate of drug-likeness (QED) is 0.626. The first-order chi connectivity index (χ1) is 9.93. The van der Waals surface area contributed by atoms with Crippen molar-refractivity contribution in [1.29, 1.82) is 0 Å². The molecule has 1 aromatic carbocycles. The number of imidazole rings is 1. The van der Waals surface area contributed by atoms with E-state index in [9.17, 15) is 13.2 Å². The maximum Gasteiger partial charge on any atom is 0.416 e. The molecule has 0 spiro atoms. The van der Waals surface area contributed by atoms with Crippen molar-refractivity contribution in [2.24, 2.45) is 0 Å². The zero-order valence-corrected chi connectivity index (χ0v) is 12.5. The zero-order valence-electron chi connectivity index (χ0n) is 11.7. The van der Waals surface area contributed by atoms with Gasteiger partial charge in [0.25, 0.3) is 0 Å². The van der Waals surface area contributed by atoms with E-state index < -0.39 is 11.7 Å². The van der Waals surface area contributed by atoms with E-state index in [0.29, 0.717) is 29.0 Å². The van der Waals surface area contributed by atoms with Gasteiger partial charge in [0.05, 0.1) is 16.6 Å². The van der Waals surface area contributed by atoms with Crippen LogP contribution in [0.4, 0.5) is 13.2 Å². The van der Waals surface area contributed by atoms with E-state index in [1.54, 1.807) is 7.11 Å². The van der Waals surface area contributed by atoms with Crippen LogP contribution in [0.3, 0.4) is 0 Å². The fraction of sp³-hybridized carbons (Fsp3) is 0.500. The van der Waals surface area contributed by atoms with Gasteiger partial charge >= 0.3 is 6.18 Å². The summed E-state index contributed by atoms with van der Waals surface area (Å²) in [6.07, 6.45) is -1.48. The first kappa shape index (κ1) is 16.0. The van der Waals surface area contributed by atoms with Gasteiger partial charge in [0.15, 0.2) is 4.77 Å². The normalized spacial score (nSPS) is 12.2. The Kier molecular flexibility index (Phi) is 5.05. The molecule has 1 aromatic heterocycles. The molecule has 0 unspecified atom stereocenters. The number of aromatic nitrogens is 2. The Morgan fingerprint density at radius 3 is 2.67 bits per heavy atom. The lowest BCUT2D eigenvalue weighted by molar-refractivity contribution is -0.137. The lowest BCUT2D eigenvalue weighted by atomic mass is 10.2. The second-order valence-electron chi connectivity index (χ2n) is 4.86. The Hall–Kier alpha value is -1.34. The topological polar surface area (TPSA) is 29.9 Å². The van der Waals surface area contributed by atoms with Gasteiger partial charge in [0.1, 0.15) is 0 Å². The highest BCUT2D eigenvalue weighted by atomic mass is 32.1. The Morgan fingerprint density at radius 1 is 1.24 bits per heavy atom. The first-order valence-electron chi connectivity index (χ1n) is 6.72. The highest BCUT2D eigenvalue weighted by Gasteiger charge is 2.30. The Bertz CT molecular complexity index is 660. The van der Waals surface area contributed by atoms with E-state index in [4.69, 9.17) is 17.0 Å². The molecule has 116 valence electrons. The Labute approximate surface area is 125 Å². The van der Waals surface area contributed by atoms with Crippen LogP contribution in [0.15, 0.2) is 18.2 Å². The molecule has 0 aliphatic heterocycles. The minimum absolute atomic E-state index is 0.423. The van der Waals surface area contributed by atoms with E-state index in [1.807, 2.05) is 4.57 Å². The van der Waals surface area contributed by atoms with Crippen LogP contribution < -0.4 is 0 Å². The number of nitrogens with zero attached hydrogens (tertiary/aromatic N) is 1. The average molecular weight is 318 g/mol. The number of ether oxygens (including phenoxy) is 1. The van der Waals surface area contributed by atoms with Gasteiger partial charge in [-0.2, -0.15) is 13.2 Å². The summed E-state index contributed by atoms with van der Waals surface area (Å²) in [5.74, 6) is 0. The number of aryl methyl sites for hydroxylation is 1. The minimum atomic E-state index is -4.34. The van der Waals surface area contributed by atoms with Gasteiger partial charge < -0.3 is 14.3 Å². The summed E-state index contributed by atoms with van der Waals surface area (Å²) in [6, 6.07) is 3.67. The average Bonchev–Trinajstić information content (AvgIpc) is 2.73. The zero-order chi connectivity index (χ0) is 15.5. The van der Waals surface area contributed by atoms with Crippen LogP contribution >= 0.6 is 12.2 Å². The summed E-state index contributed by atoms with van der Waals surface area (Å²) in [6.45, 7) is 1.40. The molecule has 7 heteroatoms. The van der Waals surface area contributed by atoms with Gasteiger partial charge in [-0.25, -0.2) is 0 Å². The Balaban J connectivity index is 2.17. The molecular formula is C14H17F3N2OS. The van der Waals surface area contributed by atoms with Crippen LogP contribution in [0.2, 0.25) is 0 Å². The first-order valence-corrected chi connectivity index (χ1v) is 7.13. The number of benzene rings is 1. The summed E-state index contributed by atoms with van der Waals surface area (Å²) in [7, 11) is 1.66. The van der Waals surface area contributed by atoms with E-state index in [2.05, 4.69) is 4.98 Å². The molecule has 0 bridgehead atoms. The third-order valence-corrected chi connectivity index (χ3v) is 3.65. The van der Waals surface area contributed by atoms with Crippen LogP contribution in [0, 0.1) is 4.77 Å². The fourth-order valence-corrected chi connectivity index (χ4v) is 2.55. The van der Waals surface area contributed by atoms with Crippen molar-refractivity contribution < 1.29 is 17.9 Å². The van der Waals surface area contributed by atoms with Crippen LogP contribution in [0.1, 0.15) is 24.8 Å². The number of rotatable bonds is 6. The second-order valence-corrected chi connectivity index (χ2v) is 5.25. The number of hydrogen-bond acceptors (Lipinski definition) is 2. The smallest absolute Gasteiger partial charge is 0.385 e. The molecule has 0 atom stereocenters. The molecule has 2 rings (SSSR count). The molecule has 1 heterocycles. The highest BCUT2D eigenvalue weighted by Crippen LogP contribution is 2.31. The van der Waals surface area contributed by atoms with E-state index >= 15 is 0 Å². The van der Waals surface area contributed by atoms with Crippen molar-refractivity contribution in [1.82, 2.24) is 9.55 Å². The summed E-state index contributed by atoms with van der Waals surface area (Å²) in [5.41, 5.74) is 0.463. The summed E-state index contributed by atoms with van der Waals surface area (Å²) >= 11 is 5.19. The summed E-state index contributed by atoms with van der Waals surface area (Å²) < 4.78 is 45.3. The number of methoxy groups -OCH3 is 1. The molecule has 0 fully saturated rings. The Morgan fingerprint density at radius 2 is 2.00 bits per heavy atom. The predicted molar refractivity (Wildman–Crippen MR) is 77.9 cm³/mol. The number of H-pyrrole nitrogens is 1. The van der Waals surface area contributed by atoms with Gasteiger partial charge in [-0.05, 0) is 49.7 Å². The van der Waals surface area contributed by atoms with Crippen LogP contribution in [0.5, 0.6) is 0 Å². The standard InChI is InChI=1S/C14H17F3N2OS/c1-20-8-4-2-3-7-19-12-6-5-10(14(15,16)17)9-11(12)18-13(19)21/h5-6,9H,2-4,7-8H2,1H3,(H,18,21). The highest BCUT2D eigenvalue weighted by molar-refractivity contribution is 7.71. The van der Waals surface area contributed by atoms with Crippen molar-refractivity contribution in [3.63, 3.8) is 0 Å². The maximum absolute atomic E-state index is 12.7. The fourth-order valence-electron chi connectivity index (χ4n) is 2.26. The lowest BCUT2D eigenvalue weighted by Crippen LogP contribution is -2.04. The maximum atomic E-state index is 12.7. The number of halogens is 3. The van der Waals surface area contributed by atoms with Crippen molar-refractivity contribution in [3.8, 4) is 0 Å². The van der Waals surface area contributed by atoms with E-state index in [0.717, 1.165) is 31.4 Å². The van der Waals surface area contributed by atoms with Crippen molar-refractivity contribution in [2.45, 2.75) is 32.0 Å². The monoisotopic (exact) mass is 318 g/mol. The van der Waals surface area contributed by atoms with Crippen molar-refractivity contribution >= 4 is 23.3 Å². The van der Waals surface area contributed by atoms with Crippen LogP contribution in [-0.4, -0.2) is 23.3 Å². The number of aromatic amines is 1. The van der Waals surface area contributed by atoms with Gasteiger partial charge in [-0.15, -0.1) is 0 Å². The molecule has 0 amide bonds. The molecule has 3 nitrogen and oxygen atoms in total. The molecule has 0 aliphatic rings. The SMILES string of the molecule is COCCCCCn1c(=S)[nH]c2cc(C(F)(F)F)ccc21. The summed E-state index contributed by atoms with van der Waals surface area (Å²) in [5, 5.41) is 0. The van der Waals surface area contributed by atoms with Crippen LogP contribution in [0.25, 0.3) is 11.0 Å². The van der Waals surface area contributed by atoms with Gasteiger partial charge in [0.2, 0.25) is 0 Å². The minimum Gasteiger partial charge on any atom is -0.385 e. The molecule has 0 radical (unpaired) electrons. The number of unbranched alkanes of at least 4 members (excludes halogenated alkanes) is 2. The molecular weight excluding hydrogens is 301 g/mol. The third-order valence-electron chi connectivity index (χ3n) is 3.33. The molecule has 0 saturated heterocycles. The largest absolute Gasteiger partial charge is 0.416 e. The predicted octanol–water partition coefficient (Wildman–Crippen LogP) is 4.53. The molecule has 1 N–H and O–H groups in total.